The van der Waals surface area contributed by atoms with Gasteiger partial charge in [-0.25, -0.2) is 16.8 Å². The van der Waals surface area contributed by atoms with E-state index in [2.05, 4.69) is 0 Å². The van der Waals surface area contributed by atoms with Crippen LogP contribution < -0.4 is 0 Å². The minimum absolute atomic E-state index is 0.196. The van der Waals surface area contributed by atoms with Crippen LogP contribution in [0.15, 0.2) is 28.5 Å². The lowest BCUT2D eigenvalue weighted by Gasteiger charge is -2.04. The van der Waals surface area contributed by atoms with Crippen LogP contribution in [0.4, 0.5) is 0 Å². The Morgan fingerprint density at radius 1 is 1.24 bits per heavy atom. The SMILES string of the molecule is Cc1ccc2c(c1)C(CS(C)(=O)=O)=CS2(=O)=O. The second-order valence-electron chi connectivity index (χ2n) is 4.26. The Kier molecular flexibility index (Phi) is 2.67. The third-order valence-corrected chi connectivity index (χ3v) is 4.90. The van der Waals surface area contributed by atoms with Crippen molar-refractivity contribution < 1.29 is 16.8 Å². The first kappa shape index (κ1) is 12.3. The average molecular weight is 272 g/mol. The van der Waals surface area contributed by atoms with Gasteiger partial charge in [-0.05, 0) is 24.1 Å². The lowest BCUT2D eigenvalue weighted by molar-refractivity contribution is 0.603. The molecule has 0 fully saturated rings. The molecule has 6 heteroatoms. The predicted octanol–water partition coefficient (Wildman–Crippen LogP) is 1.17. The molecule has 0 N–H and O–H groups in total. The van der Waals surface area contributed by atoms with Crippen molar-refractivity contribution in [3.8, 4) is 0 Å². The first-order valence-corrected chi connectivity index (χ1v) is 8.54. The van der Waals surface area contributed by atoms with Gasteiger partial charge in [-0.3, -0.25) is 0 Å². The highest BCUT2D eigenvalue weighted by atomic mass is 32.2. The van der Waals surface area contributed by atoms with Crippen LogP contribution in [0.1, 0.15) is 11.1 Å². The Balaban J connectivity index is 2.64. The van der Waals surface area contributed by atoms with Gasteiger partial charge >= 0.3 is 0 Å². The molecule has 0 atom stereocenters. The summed E-state index contributed by atoms with van der Waals surface area (Å²) in [5.74, 6) is -0.247. The fourth-order valence-corrected chi connectivity index (χ4v) is 4.23. The van der Waals surface area contributed by atoms with Gasteiger partial charge in [0.05, 0.1) is 10.6 Å². The molecule has 0 unspecified atom stereocenters. The highest BCUT2D eigenvalue weighted by molar-refractivity contribution is 7.95. The minimum Gasteiger partial charge on any atom is -0.229 e. The zero-order valence-electron chi connectivity index (χ0n) is 9.47. The van der Waals surface area contributed by atoms with Crippen molar-refractivity contribution in [2.75, 3.05) is 12.0 Å². The number of hydrogen-bond acceptors (Lipinski definition) is 4. The molecule has 0 amide bonds. The average Bonchev–Trinajstić information content (AvgIpc) is 2.35. The van der Waals surface area contributed by atoms with Crippen LogP contribution in [-0.4, -0.2) is 28.8 Å². The Hall–Kier alpha value is -1.14. The Labute approximate surface area is 101 Å². The summed E-state index contributed by atoms with van der Waals surface area (Å²) >= 11 is 0. The maximum absolute atomic E-state index is 11.8. The molecule has 0 radical (unpaired) electrons. The van der Waals surface area contributed by atoms with Crippen molar-refractivity contribution in [3.63, 3.8) is 0 Å². The molecule has 4 nitrogen and oxygen atoms in total. The first-order valence-electron chi connectivity index (χ1n) is 4.93. The molecule has 0 saturated heterocycles. The molecule has 17 heavy (non-hydrogen) atoms. The largest absolute Gasteiger partial charge is 0.229 e. The quantitative estimate of drug-likeness (QED) is 0.810. The van der Waals surface area contributed by atoms with Crippen LogP contribution in [0.5, 0.6) is 0 Å². The molecule has 0 aliphatic carbocycles. The standard InChI is InChI=1S/C11H12O4S2/c1-8-3-4-11-10(5-8)9(6-16(2,12)13)7-17(11,14)15/h3-5,7H,6H2,1-2H3. The normalized spacial score (nSPS) is 17.6. The molecule has 0 aromatic heterocycles. The molecule has 0 saturated carbocycles. The van der Waals surface area contributed by atoms with Crippen molar-refractivity contribution in [2.45, 2.75) is 11.8 Å². The number of hydrogen-bond donors (Lipinski definition) is 0. The highest BCUT2D eigenvalue weighted by Crippen LogP contribution is 2.34. The number of fused-ring (bicyclic) bond motifs is 1. The van der Waals surface area contributed by atoms with Crippen molar-refractivity contribution in [1.82, 2.24) is 0 Å². The van der Waals surface area contributed by atoms with Crippen molar-refractivity contribution in [1.29, 1.82) is 0 Å². The van der Waals surface area contributed by atoms with E-state index in [1.54, 1.807) is 12.1 Å². The first-order chi connectivity index (χ1) is 7.69. The molecule has 1 aliphatic rings. The smallest absolute Gasteiger partial charge is 0.200 e. The van der Waals surface area contributed by atoms with Crippen LogP contribution in [0, 0.1) is 6.92 Å². The van der Waals surface area contributed by atoms with E-state index in [0.29, 0.717) is 11.1 Å². The topological polar surface area (TPSA) is 68.3 Å². The van der Waals surface area contributed by atoms with E-state index in [0.717, 1.165) is 17.2 Å². The summed E-state index contributed by atoms with van der Waals surface area (Å²) in [6.07, 6.45) is 1.09. The van der Waals surface area contributed by atoms with Gasteiger partial charge in [0, 0.05) is 11.7 Å². The van der Waals surface area contributed by atoms with Gasteiger partial charge in [0.1, 0.15) is 0 Å². The number of sulfone groups is 2. The molecule has 2 rings (SSSR count). The van der Waals surface area contributed by atoms with Gasteiger partial charge in [-0.2, -0.15) is 0 Å². The second kappa shape index (κ2) is 3.68. The van der Waals surface area contributed by atoms with Gasteiger partial charge in [-0.1, -0.05) is 17.7 Å². The summed E-state index contributed by atoms with van der Waals surface area (Å²) in [5, 5.41) is 1.05. The van der Waals surface area contributed by atoms with E-state index < -0.39 is 19.7 Å². The van der Waals surface area contributed by atoms with E-state index in [4.69, 9.17) is 0 Å². The number of rotatable bonds is 2. The van der Waals surface area contributed by atoms with Gasteiger partial charge in [0.2, 0.25) is 9.84 Å². The van der Waals surface area contributed by atoms with Gasteiger partial charge in [0.25, 0.3) is 0 Å². The van der Waals surface area contributed by atoms with E-state index in [1.165, 1.54) is 6.07 Å². The Morgan fingerprint density at radius 3 is 2.47 bits per heavy atom. The summed E-state index contributed by atoms with van der Waals surface area (Å²) in [7, 11) is -6.72. The number of aryl methyl sites for hydroxylation is 1. The third-order valence-electron chi connectivity index (χ3n) is 2.50. The fraction of sp³-hybridized carbons (Fsp3) is 0.273. The van der Waals surface area contributed by atoms with E-state index in [-0.39, 0.29) is 10.6 Å². The molecular weight excluding hydrogens is 260 g/mol. The van der Waals surface area contributed by atoms with Gasteiger partial charge in [0.15, 0.2) is 9.84 Å². The van der Waals surface area contributed by atoms with E-state index >= 15 is 0 Å². The predicted molar refractivity (Wildman–Crippen MR) is 66.1 cm³/mol. The monoisotopic (exact) mass is 272 g/mol. The molecule has 92 valence electrons. The zero-order chi connectivity index (χ0) is 12.8. The lowest BCUT2D eigenvalue weighted by atomic mass is 10.1. The molecular formula is C11H12O4S2. The minimum atomic E-state index is -3.47. The van der Waals surface area contributed by atoms with Crippen LogP contribution in [-0.2, 0) is 19.7 Å². The summed E-state index contributed by atoms with van der Waals surface area (Å²) in [5.41, 5.74) is 1.77. The third kappa shape index (κ3) is 2.42. The summed E-state index contributed by atoms with van der Waals surface area (Å²) in [6, 6.07) is 4.93. The van der Waals surface area contributed by atoms with Crippen molar-refractivity contribution in [2.24, 2.45) is 0 Å². The van der Waals surface area contributed by atoms with Gasteiger partial charge < -0.3 is 0 Å². The van der Waals surface area contributed by atoms with Crippen molar-refractivity contribution in [3.05, 3.63) is 34.7 Å². The summed E-state index contributed by atoms with van der Waals surface area (Å²) in [4.78, 5) is 0.196. The summed E-state index contributed by atoms with van der Waals surface area (Å²) in [6.45, 7) is 1.84. The molecule has 1 heterocycles. The molecule has 0 bridgehead atoms. The summed E-state index contributed by atoms with van der Waals surface area (Å²) < 4.78 is 46.1. The van der Waals surface area contributed by atoms with Crippen LogP contribution in [0.3, 0.4) is 0 Å². The van der Waals surface area contributed by atoms with Crippen molar-refractivity contribution >= 4 is 25.2 Å². The number of benzene rings is 1. The maximum atomic E-state index is 11.8. The zero-order valence-corrected chi connectivity index (χ0v) is 11.1. The Bertz CT molecular complexity index is 710. The van der Waals surface area contributed by atoms with E-state index in [9.17, 15) is 16.8 Å². The maximum Gasteiger partial charge on any atom is 0.200 e. The molecule has 1 aromatic carbocycles. The van der Waals surface area contributed by atoms with Crippen LogP contribution >= 0.6 is 0 Å². The fourth-order valence-electron chi connectivity index (χ4n) is 1.85. The van der Waals surface area contributed by atoms with Gasteiger partial charge in [-0.15, -0.1) is 0 Å². The van der Waals surface area contributed by atoms with Crippen LogP contribution in [0.25, 0.3) is 5.57 Å². The van der Waals surface area contributed by atoms with Crippen LogP contribution in [0.2, 0.25) is 0 Å². The second-order valence-corrected chi connectivity index (χ2v) is 8.16. The highest BCUT2D eigenvalue weighted by Gasteiger charge is 2.28. The molecule has 0 spiro atoms. The van der Waals surface area contributed by atoms with E-state index in [1.807, 2.05) is 6.92 Å². The molecule has 1 aromatic rings. The molecule has 1 aliphatic heterocycles. The lowest BCUT2D eigenvalue weighted by Crippen LogP contribution is -2.04. The Morgan fingerprint density at radius 2 is 1.88 bits per heavy atom.